The summed E-state index contributed by atoms with van der Waals surface area (Å²) >= 11 is 0. The molecule has 0 spiro atoms. The third-order valence-electron chi connectivity index (χ3n) is 5.29. The van der Waals surface area contributed by atoms with Crippen LogP contribution in [0.4, 0.5) is 0 Å². The standard InChI is InChI=1S/C22H21N4/c1-13-9-19-16(11-21-24-17-7-5-6-8-18(17)26(19)21)22(15(13)3)20-10-14(2)23-12-25(20)4/h5-10,12H,11H2,1-4H3/q+1/i1D3. The Bertz CT molecular complexity index is 1300. The van der Waals surface area contributed by atoms with E-state index in [1.165, 1.54) is 0 Å². The van der Waals surface area contributed by atoms with Crippen LogP contribution in [0.5, 0.6) is 0 Å². The quantitative estimate of drug-likeness (QED) is 0.434. The Morgan fingerprint density at radius 3 is 2.88 bits per heavy atom. The van der Waals surface area contributed by atoms with E-state index in [0.29, 0.717) is 12.0 Å². The van der Waals surface area contributed by atoms with Crippen LogP contribution < -0.4 is 4.57 Å². The van der Waals surface area contributed by atoms with Crippen LogP contribution in [0.15, 0.2) is 42.7 Å². The number of nitrogens with zero attached hydrogens (tertiary/aromatic N) is 4. The molecule has 3 heterocycles. The van der Waals surface area contributed by atoms with E-state index < -0.39 is 6.85 Å². The molecule has 4 aromatic rings. The molecule has 0 bridgehead atoms. The number of fused-ring (bicyclic) bond motifs is 5. The summed E-state index contributed by atoms with van der Waals surface area (Å²) in [7, 11) is 1.94. The van der Waals surface area contributed by atoms with E-state index in [0.717, 1.165) is 50.6 Å². The van der Waals surface area contributed by atoms with Crippen molar-refractivity contribution in [2.45, 2.75) is 27.1 Å². The fraction of sp³-hybridized carbons (Fsp3) is 0.227. The van der Waals surface area contributed by atoms with Gasteiger partial charge in [0.1, 0.15) is 11.5 Å². The second kappa shape index (κ2) is 5.24. The molecular weight excluding hydrogens is 320 g/mol. The first-order chi connectivity index (χ1) is 13.8. The van der Waals surface area contributed by atoms with E-state index in [-0.39, 0.29) is 0 Å². The predicted molar refractivity (Wildman–Crippen MR) is 102 cm³/mol. The van der Waals surface area contributed by atoms with Gasteiger partial charge in [-0.3, -0.25) is 4.57 Å². The number of para-hydroxylation sites is 2. The largest absolute Gasteiger partial charge is 0.296 e. The smallest absolute Gasteiger partial charge is 0.286 e. The lowest BCUT2D eigenvalue weighted by molar-refractivity contribution is -0.663. The van der Waals surface area contributed by atoms with Crippen LogP contribution >= 0.6 is 0 Å². The van der Waals surface area contributed by atoms with Crippen LogP contribution in [0, 0.1) is 20.7 Å². The van der Waals surface area contributed by atoms with E-state index in [9.17, 15) is 0 Å². The third-order valence-corrected chi connectivity index (χ3v) is 5.29. The van der Waals surface area contributed by atoms with Crippen molar-refractivity contribution < 1.29 is 8.68 Å². The van der Waals surface area contributed by atoms with Gasteiger partial charge in [-0.1, -0.05) is 17.1 Å². The second-order valence-corrected chi connectivity index (χ2v) is 6.98. The summed E-state index contributed by atoms with van der Waals surface area (Å²) in [5.41, 5.74) is 7.96. The van der Waals surface area contributed by atoms with E-state index in [2.05, 4.69) is 9.55 Å². The molecule has 26 heavy (non-hydrogen) atoms. The molecule has 0 atom stereocenters. The van der Waals surface area contributed by atoms with Crippen molar-refractivity contribution in [1.29, 1.82) is 0 Å². The summed E-state index contributed by atoms with van der Waals surface area (Å²) in [5, 5.41) is 0. The summed E-state index contributed by atoms with van der Waals surface area (Å²) in [6, 6.07) is 11.8. The van der Waals surface area contributed by atoms with Gasteiger partial charge in [-0.05, 0) is 48.7 Å². The van der Waals surface area contributed by atoms with Gasteiger partial charge in [-0.25, -0.2) is 9.55 Å². The molecule has 0 saturated heterocycles. The van der Waals surface area contributed by atoms with Crippen molar-refractivity contribution >= 4 is 11.0 Å². The Kier molecular flexibility index (Phi) is 2.49. The highest BCUT2D eigenvalue weighted by Crippen LogP contribution is 2.40. The number of hydrogen-bond donors (Lipinski definition) is 0. The first kappa shape index (κ1) is 12.4. The minimum absolute atomic E-state index is 0.381. The van der Waals surface area contributed by atoms with Crippen LogP contribution in [0.2, 0.25) is 0 Å². The summed E-state index contributed by atoms with van der Waals surface area (Å²) in [4.78, 5) is 9.17. The van der Waals surface area contributed by atoms with Gasteiger partial charge < -0.3 is 0 Å². The maximum Gasteiger partial charge on any atom is 0.286 e. The lowest BCUT2D eigenvalue weighted by Gasteiger charge is -2.15. The molecule has 4 heteroatoms. The highest BCUT2D eigenvalue weighted by Gasteiger charge is 2.29. The molecule has 128 valence electrons. The van der Waals surface area contributed by atoms with Crippen molar-refractivity contribution in [3.05, 3.63) is 70.9 Å². The monoisotopic (exact) mass is 344 g/mol. The molecule has 0 unspecified atom stereocenters. The minimum atomic E-state index is -2.20. The molecule has 0 saturated carbocycles. The highest BCUT2D eigenvalue weighted by atomic mass is 15.1. The maximum atomic E-state index is 8.13. The van der Waals surface area contributed by atoms with Crippen LogP contribution in [0.3, 0.4) is 0 Å². The Labute approximate surface area is 157 Å². The Morgan fingerprint density at radius 1 is 1.19 bits per heavy atom. The molecule has 1 aliphatic heterocycles. The number of aryl methyl sites for hydroxylation is 3. The van der Waals surface area contributed by atoms with Crippen molar-refractivity contribution in [3.8, 4) is 16.9 Å². The van der Waals surface area contributed by atoms with Gasteiger partial charge in [-0.2, -0.15) is 0 Å². The molecule has 0 aliphatic carbocycles. The van der Waals surface area contributed by atoms with Crippen molar-refractivity contribution in [3.63, 3.8) is 0 Å². The zero-order valence-electron chi connectivity index (χ0n) is 18.0. The van der Waals surface area contributed by atoms with E-state index in [4.69, 9.17) is 9.10 Å². The SMILES string of the molecule is [2H]C([2H])([2H])c1cc2c(c(-c3cc(C)nc[n+]3C)c1C)Cc1nc3ccccc3n1-2. The Hall–Kier alpha value is -3.01. The Balaban J connectivity index is 1.90. The molecule has 2 aromatic heterocycles. The molecule has 1 aliphatic rings. The second-order valence-electron chi connectivity index (χ2n) is 6.98. The van der Waals surface area contributed by atoms with Gasteiger partial charge in [0.2, 0.25) is 0 Å². The molecule has 0 N–H and O–H groups in total. The minimum Gasteiger partial charge on any atom is -0.296 e. The first-order valence-corrected chi connectivity index (χ1v) is 8.72. The zero-order valence-corrected chi connectivity index (χ0v) is 15.0. The van der Waals surface area contributed by atoms with Gasteiger partial charge in [0.25, 0.3) is 6.33 Å². The maximum absolute atomic E-state index is 8.13. The predicted octanol–water partition coefficient (Wildman–Crippen LogP) is 3.74. The lowest BCUT2D eigenvalue weighted by atomic mass is 9.92. The van der Waals surface area contributed by atoms with E-state index in [1.807, 2.05) is 61.9 Å². The molecule has 0 radical (unpaired) electrons. The van der Waals surface area contributed by atoms with Gasteiger partial charge in [0.15, 0.2) is 5.69 Å². The summed E-state index contributed by atoms with van der Waals surface area (Å²) in [6.07, 6.45) is 2.45. The molecule has 4 nitrogen and oxygen atoms in total. The van der Waals surface area contributed by atoms with Crippen LogP contribution in [-0.2, 0) is 13.5 Å². The summed E-state index contributed by atoms with van der Waals surface area (Å²) in [6.45, 7) is 1.66. The van der Waals surface area contributed by atoms with Gasteiger partial charge in [0.05, 0.1) is 23.8 Å². The van der Waals surface area contributed by atoms with Gasteiger partial charge >= 0.3 is 0 Å². The fourth-order valence-electron chi connectivity index (χ4n) is 3.99. The molecule has 2 aromatic carbocycles. The number of imidazole rings is 1. The Morgan fingerprint density at radius 2 is 2.04 bits per heavy atom. The van der Waals surface area contributed by atoms with Gasteiger partial charge in [0, 0.05) is 29.1 Å². The first-order valence-electron chi connectivity index (χ1n) is 10.2. The summed E-state index contributed by atoms with van der Waals surface area (Å²) in [5.74, 6) is 0.943. The lowest BCUT2D eigenvalue weighted by Crippen LogP contribution is -2.32. The van der Waals surface area contributed by atoms with Crippen LogP contribution in [-0.4, -0.2) is 14.5 Å². The molecular formula is C22H21N4+. The van der Waals surface area contributed by atoms with Crippen molar-refractivity contribution in [2.24, 2.45) is 7.05 Å². The number of benzene rings is 2. The molecule has 0 fully saturated rings. The highest BCUT2D eigenvalue weighted by molar-refractivity contribution is 5.83. The van der Waals surface area contributed by atoms with Crippen molar-refractivity contribution in [2.75, 3.05) is 0 Å². The topological polar surface area (TPSA) is 34.6 Å². The normalized spacial score (nSPS) is 14.7. The number of rotatable bonds is 1. The van der Waals surface area contributed by atoms with Crippen LogP contribution in [0.1, 0.15) is 32.3 Å². The number of aromatic nitrogens is 4. The third kappa shape index (κ3) is 1.99. The van der Waals surface area contributed by atoms with E-state index in [1.54, 1.807) is 6.33 Å². The summed E-state index contributed by atoms with van der Waals surface area (Å²) < 4.78 is 28.5. The van der Waals surface area contributed by atoms with Gasteiger partial charge in [-0.15, -0.1) is 0 Å². The average Bonchev–Trinajstić information content (AvgIpc) is 3.18. The number of hydrogen-bond acceptors (Lipinski definition) is 2. The van der Waals surface area contributed by atoms with Crippen LogP contribution in [0.25, 0.3) is 28.0 Å². The van der Waals surface area contributed by atoms with E-state index >= 15 is 0 Å². The molecule has 0 amide bonds. The average molecular weight is 344 g/mol. The fourth-order valence-corrected chi connectivity index (χ4v) is 3.99. The van der Waals surface area contributed by atoms with Crippen molar-refractivity contribution in [1.82, 2.24) is 14.5 Å². The zero-order chi connectivity index (χ0) is 20.5. The molecule has 5 rings (SSSR count).